The van der Waals surface area contributed by atoms with Crippen molar-refractivity contribution in [1.82, 2.24) is 10.2 Å². The third-order valence-corrected chi connectivity index (χ3v) is 4.47. The Kier molecular flexibility index (Phi) is 4.45. The normalized spacial score (nSPS) is 12.5. The molecule has 114 valence electrons. The maximum atomic E-state index is 5.94. The van der Waals surface area contributed by atoms with Crippen molar-refractivity contribution in [2.45, 2.75) is 52.4 Å². The average Bonchev–Trinajstić information content (AvgIpc) is 2.72. The lowest BCUT2D eigenvalue weighted by Crippen LogP contribution is -2.17. The van der Waals surface area contributed by atoms with E-state index in [1.54, 1.807) is 0 Å². The van der Waals surface area contributed by atoms with Crippen LogP contribution in [0.3, 0.4) is 0 Å². The molecule has 0 saturated heterocycles. The van der Waals surface area contributed by atoms with E-state index in [1.165, 1.54) is 22.5 Å². The SMILES string of the molecule is CC(C)(C)c1ccc(Oc2nnc(Br)s2)c(C(C)(C)C)c1. The Labute approximate surface area is 138 Å². The maximum Gasteiger partial charge on any atom is 0.300 e. The molecule has 0 unspecified atom stereocenters. The summed E-state index contributed by atoms with van der Waals surface area (Å²) >= 11 is 4.69. The van der Waals surface area contributed by atoms with Gasteiger partial charge in [-0.1, -0.05) is 58.8 Å². The molecule has 0 amide bonds. The topological polar surface area (TPSA) is 35.0 Å². The molecular formula is C16H21BrN2OS. The van der Waals surface area contributed by atoms with Gasteiger partial charge in [-0.25, -0.2) is 0 Å². The highest BCUT2D eigenvalue weighted by Crippen LogP contribution is 2.38. The van der Waals surface area contributed by atoms with Crippen molar-refractivity contribution in [3.8, 4) is 10.9 Å². The van der Waals surface area contributed by atoms with Crippen LogP contribution in [0.1, 0.15) is 52.7 Å². The lowest BCUT2D eigenvalue weighted by molar-refractivity contribution is 0.446. The molecular weight excluding hydrogens is 348 g/mol. The zero-order valence-electron chi connectivity index (χ0n) is 13.3. The van der Waals surface area contributed by atoms with Crippen LogP contribution in [0.4, 0.5) is 0 Å². The second-order valence-corrected chi connectivity index (χ2v) is 9.35. The van der Waals surface area contributed by atoms with Crippen molar-refractivity contribution in [1.29, 1.82) is 0 Å². The molecule has 3 nitrogen and oxygen atoms in total. The molecule has 0 aliphatic rings. The van der Waals surface area contributed by atoms with Gasteiger partial charge in [0, 0.05) is 5.56 Å². The zero-order valence-corrected chi connectivity index (χ0v) is 15.7. The van der Waals surface area contributed by atoms with Crippen LogP contribution < -0.4 is 4.74 Å². The molecule has 2 aromatic rings. The van der Waals surface area contributed by atoms with Crippen LogP contribution in [0.15, 0.2) is 22.1 Å². The van der Waals surface area contributed by atoms with Gasteiger partial charge in [0.25, 0.3) is 5.19 Å². The summed E-state index contributed by atoms with van der Waals surface area (Å²) in [5.41, 5.74) is 2.60. The van der Waals surface area contributed by atoms with E-state index >= 15 is 0 Å². The van der Waals surface area contributed by atoms with Gasteiger partial charge in [0.05, 0.1) is 0 Å². The molecule has 0 N–H and O–H groups in total. The first-order valence-corrected chi connectivity index (χ1v) is 8.50. The van der Waals surface area contributed by atoms with Gasteiger partial charge >= 0.3 is 0 Å². The molecule has 21 heavy (non-hydrogen) atoms. The summed E-state index contributed by atoms with van der Waals surface area (Å²) < 4.78 is 6.66. The van der Waals surface area contributed by atoms with Gasteiger partial charge in [0.15, 0.2) is 3.92 Å². The van der Waals surface area contributed by atoms with Crippen LogP contribution >= 0.6 is 27.3 Å². The summed E-state index contributed by atoms with van der Waals surface area (Å²) in [5.74, 6) is 0.846. The van der Waals surface area contributed by atoms with Crippen molar-refractivity contribution in [2.24, 2.45) is 0 Å². The summed E-state index contributed by atoms with van der Waals surface area (Å²) in [4.78, 5) is 0. The molecule has 0 spiro atoms. The second kappa shape index (κ2) is 5.69. The Morgan fingerprint density at radius 2 is 1.67 bits per heavy atom. The minimum absolute atomic E-state index is 0.00147. The van der Waals surface area contributed by atoms with Crippen LogP contribution in [0.25, 0.3) is 0 Å². The van der Waals surface area contributed by atoms with Crippen LogP contribution in [-0.2, 0) is 10.8 Å². The van der Waals surface area contributed by atoms with Gasteiger partial charge in [-0.05, 0) is 49.7 Å². The van der Waals surface area contributed by atoms with Crippen molar-refractivity contribution in [3.63, 3.8) is 0 Å². The van der Waals surface area contributed by atoms with Crippen LogP contribution in [0.2, 0.25) is 0 Å². The second-order valence-electron chi connectivity index (χ2n) is 7.13. The number of nitrogens with zero attached hydrogens (tertiary/aromatic N) is 2. The standard InChI is InChI=1S/C16H21BrN2OS/c1-15(2,3)10-7-8-12(11(9-10)16(4,5)6)20-14-19-18-13(17)21-14/h7-9H,1-6H3. The number of benzene rings is 1. The molecule has 1 aromatic heterocycles. The third kappa shape index (κ3) is 4.04. The predicted octanol–water partition coefficient (Wildman–Crippen LogP) is 5.69. The zero-order chi connectivity index (χ0) is 15.8. The Bertz CT molecular complexity index is 638. The Morgan fingerprint density at radius 1 is 1.00 bits per heavy atom. The van der Waals surface area contributed by atoms with Crippen molar-refractivity contribution in [2.75, 3.05) is 0 Å². The van der Waals surface area contributed by atoms with E-state index in [9.17, 15) is 0 Å². The van der Waals surface area contributed by atoms with Crippen LogP contribution in [0, 0.1) is 0 Å². The van der Waals surface area contributed by atoms with Gasteiger partial charge < -0.3 is 4.74 Å². The van der Waals surface area contributed by atoms with E-state index in [1.807, 2.05) is 6.07 Å². The number of hydrogen-bond acceptors (Lipinski definition) is 4. The van der Waals surface area contributed by atoms with Gasteiger partial charge in [-0.3, -0.25) is 0 Å². The molecule has 0 saturated carbocycles. The highest BCUT2D eigenvalue weighted by molar-refractivity contribution is 9.11. The smallest absolute Gasteiger partial charge is 0.300 e. The molecule has 0 fully saturated rings. The Balaban J connectivity index is 2.45. The third-order valence-electron chi connectivity index (χ3n) is 3.23. The van der Waals surface area contributed by atoms with E-state index in [-0.39, 0.29) is 10.8 Å². The molecule has 0 aliphatic carbocycles. The number of rotatable bonds is 2. The Hall–Kier alpha value is -0.940. The van der Waals surface area contributed by atoms with E-state index in [0.717, 1.165) is 9.67 Å². The fourth-order valence-corrected chi connectivity index (χ4v) is 2.93. The van der Waals surface area contributed by atoms with E-state index in [0.29, 0.717) is 5.19 Å². The van der Waals surface area contributed by atoms with Gasteiger partial charge in [0.1, 0.15) is 5.75 Å². The van der Waals surface area contributed by atoms with E-state index < -0.39 is 0 Å². The van der Waals surface area contributed by atoms with Crippen molar-refractivity contribution >= 4 is 27.3 Å². The molecule has 2 rings (SSSR count). The molecule has 0 atom stereocenters. The fraction of sp³-hybridized carbons (Fsp3) is 0.500. The minimum atomic E-state index is -0.00147. The molecule has 5 heteroatoms. The van der Waals surface area contributed by atoms with E-state index in [2.05, 4.69) is 79.8 Å². The fourth-order valence-electron chi connectivity index (χ4n) is 2.00. The molecule has 0 aliphatic heterocycles. The molecule has 1 heterocycles. The highest BCUT2D eigenvalue weighted by Gasteiger charge is 2.23. The monoisotopic (exact) mass is 368 g/mol. The lowest BCUT2D eigenvalue weighted by Gasteiger charge is -2.26. The highest BCUT2D eigenvalue weighted by atomic mass is 79.9. The van der Waals surface area contributed by atoms with E-state index in [4.69, 9.17) is 4.74 Å². The minimum Gasteiger partial charge on any atom is -0.429 e. The van der Waals surface area contributed by atoms with Gasteiger partial charge in [-0.2, -0.15) is 0 Å². The summed E-state index contributed by atoms with van der Waals surface area (Å²) in [5, 5.41) is 8.48. The number of halogens is 1. The van der Waals surface area contributed by atoms with Crippen LogP contribution in [-0.4, -0.2) is 10.2 Å². The molecule has 0 bridgehead atoms. The number of ether oxygens (including phenoxy) is 1. The maximum absolute atomic E-state index is 5.94. The average molecular weight is 369 g/mol. The van der Waals surface area contributed by atoms with Crippen molar-refractivity contribution in [3.05, 3.63) is 33.2 Å². The first-order chi connectivity index (χ1) is 9.57. The van der Waals surface area contributed by atoms with Crippen molar-refractivity contribution < 1.29 is 4.74 Å². The van der Waals surface area contributed by atoms with Crippen LogP contribution in [0.5, 0.6) is 10.9 Å². The Morgan fingerprint density at radius 3 is 2.14 bits per heavy atom. The summed E-state index contributed by atoms with van der Waals surface area (Å²) in [6.07, 6.45) is 0. The number of aromatic nitrogens is 2. The van der Waals surface area contributed by atoms with Gasteiger partial charge in [0.2, 0.25) is 0 Å². The summed E-state index contributed by atoms with van der Waals surface area (Å²) in [6.45, 7) is 13.2. The number of hydrogen-bond donors (Lipinski definition) is 0. The summed E-state index contributed by atoms with van der Waals surface area (Å²) in [6, 6.07) is 6.41. The van der Waals surface area contributed by atoms with Gasteiger partial charge in [-0.15, -0.1) is 5.10 Å². The quantitative estimate of drug-likeness (QED) is 0.682. The molecule has 0 radical (unpaired) electrons. The lowest BCUT2D eigenvalue weighted by atomic mass is 9.80. The largest absolute Gasteiger partial charge is 0.429 e. The molecule has 1 aromatic carbocycles. The first kappa shape index (κ1) is 16.4. The predicted molar refractivity (Wildman–Crippen MR) is 91.5 cm³/mol. The first-order valence-electron chi connectivity index (χ1n) is 6.89. The summed E-state index contributed by atoms with van der Waals surface area (Å²) in [7, 11) is 0.